The van der Waals surface area contributed by atoms with E-state index in [1.165, 1.54) is 0 Å². The van der Waals surface area contributed by atoms with Gasteiger partial charge in [-0.15, -0.1) is 0 Å². The molecule has 0 aliphatic rings. The number of hydrogen-bond acceptors (Lipinski definition) is 5. The molecule has 0 radical (unpaired) electrons. The molecule has 0 N–H and O–H groups in total. The lowest BCUT2D eigenvalue weighted by Gasteiger charge is -2.08. The maximum Gasteiger partial charge on any atom is 0.144 e. The van der Waals surface area contributed by atoms with Crippen molar-refractivity contribution in [2.45, 2.75) is 35.1 Å². The molecule has 0 amide bonds. The van der Waals surface area contributed by atoms with Crippen LogP contribution in [-0.2, 0) is 0 Å². The highest BCUT2D eigenvalue weighted by molar-refractivity contribution is 5.84. The number of imidazole rings is 1. The molecule has 0 aromatic carbocycles. The minimum absolute atomic E-state index is 0. The van der Waals surface area contributed by atoms with Crippen LogP contribution >= 0.6 is 0 Å². The molecule has 4 aromatic heterocycles. The summed E-state index contributed by atoms with van der Waals surface area (Å²) in [6, 6.07) is 2.10. The Kier molecular flexibility index (Phi) is 3.75. The number of hydrogen-bond donors (Lipinski definition) is 0. The van der Waals surface area contributed by atoms with Crippen molar-refractivity contribution in [3.05, 3.63) is 47.6 Å². The van der Waals surface area contributed by atoms with Crippen molar-refractivity contribution in [3.8, 4) is 22.3 Å². The highest BCUT2D eigenvalue weighted by atomic mass is 16.5. The Bertz CT molecular complexity index is 984. The molecule has 0 aliphatic heterocycles. The molecule has 4 aromatic rings. The summed E-state index contributed by atoms with van der Waals surface area (Å²) in [5, 5.41) is 8.13. The molecule has 0 aliphatic carbocycles. The molecule has 0 bridgehead atoms. The second kappa shape index (κ2) is 5.63. The summed E-state index contributed by atoms with van der Waals surface area (Å²) in [6.07, 6.45) is 5.75. The van der Waals surface area contributed by atoms with Crippen LogP contribution in [0.1, 0.15) is 30.3 Å². The third-order valence-electron chi connectivity index (χ3n) is 4.11. The largest absolute Gasteiger partial charge is 0.361 e. The minimum atomic E-state index is 0. The van der Waals surface area contributed by atoms with Crippen LogP contribution in [0.2, 0.25) is 0 Å². The Balaban J connectivity index is 0.00000169. The number of aryl methyl sites for hydroxylation is 4. The van der Waals surface area contributed by atoms with E-state index in [0.29, 0.717) is 0 Å². The van der Waals surface area contributed by atoms with E-state index in [9.17, 15) is 0 Å². The zero-order valence-electron chi connectivity index (χ0n) is 13.4. The topological polar surface area (TPSA) is 69.4 Å². The summed E-state index contributed by atoms with van der Waals surface area (Å²) in [5.41, 5.74) is 6.60. The number of pyridine rings is 1. The predicted octanol–water partition coefficient (Wildman–Crippen LogP) is 4.51. The smallest absolute Gasteiger partial charge is 0.144 e. The van der Waals surface area contributed by atoms with Crippen LogP contribution in [0.25, 0.3) is 27.9 Å². The van der Waals surface area contributed by atoms with Gasteiger partial charge in [0.25, 0.3) is 0 Å². The van der Waals surface area contributed by atoms with Crippen LogP contribution in [0.4, 0.5) is 0 Å². The first kappa shape index (κ1) is 16.0. The summed E-state index contributed by atoms with van der Waals surface area (Å²) >= 11 is 0. The van der Waals surface area contributed by atoms with Gasteiger partial charge in [-0.05, 0) is 33.8 Å². The SMILES string of the molecule is C.Cc1noc(C)c1-c1cc(-c2c(C)noc2C)c2nccn2c1. The van der Waals surface area contributed by atoms with Crippen molar-refractivity contribution in [1.82, 2.24) is 19.7 Å². The van der Waals surface area contributed by atoms with Gasteiger partial charge in [0, 0.05) is 35.3 Å². The Morgan fingerprint density at radius 1 is 0.917 bits per heavy atom. The number of fused-ring (bicyclic) bond motifs is 1. The highest BCUT2D eigenvalue weighted by Crippen LogP contribution is 2.35. The van der Waals surface area contributed by atoms with E-state index >= 15 is 0 Å². The lowest BCUT2D eigenvalue weighted by atomic mass is 9.99. The van der Waals surface area contributed by atoms with Gasteiger partial charge in [-0.2, -0.15) is 0 Å². The predicted molar refractivity (Wildman–Crippen MR) is 91.9 cm³/mol. The summed E-state index contributed by atoms with van der Waals surface area (Å²) in [7, 11) is 0. The van der Waals surface area contributed by atoms with Crippen molar-refractivity contribution in [3.63, 3.8) is 0 Å². The van der Waals surface area contributed by atoms with Crippen LogP contribution in [0.5, 0.6) is 0 Å². The van der Waals surface area contributed by atoms with E-state index < -0.39 is 0 Å². The number of nitrogens with zero attached hydrogens (tertiary/aromatic N) is 4. The molecular formula is C18H20N4O2. The quantitative estimate of drug-likeness (QED) is 0.542. The third-order valence-corrected chi connectivity index (χ3v) is 4.11. The van der Waals surface area contributed by atoms with Gasteiger partial charge in [0.05, 0.1) is 17.0 Å². The fraction of sp³-hybridized carbons (Fsp3) is 0.278. The summed E-state index contributed by atoms with van der Waals surface area (Å²) < 4.78 is 12.7. The van der Waals surface area contributed by atoms with Crippen molar-refractivity contribution in [1.29, 1.82) is 0 Å². The van der Waals surface area contributed by atoms with Crippen LogP contribution in [-0.4, -0.2) is 19.7 Å². The van der Waals surface area contributed by atoms with Gasteiger partial charge in [0.15, 0.2) is 0 Å². The maximum atomic E-state index is 5.34. The normalized spacial score (nSPS) is 11.0. The van der Waals surface area contributed by atoms with E-state index in [0.717, 1.165) is 50.8 Å². The van der Waals surface area contributed by atoms with Crippen molar-refractivity contribution in [2.24, 2.45) is 0 Å². The molecule has 6 nitrogen and oxygen atoms in total. The molecule has 124 valence electrons. The van der Waals surface area contributed by atoms with Gasteiger partial charge in [-0.3, -0.25) is 0 Å². The number of aromatic nitrogens is 4. The zero-order chi connectivity index (χ0) is 16.1. The first-order valence-electron chi connectivity index (χ1n) is 7.39. The standard InChI is InChI=1S/C17H16N4O2.CH4/c1-9-15(11(3)22-19-9)13-7-14(16-10(2)20-23-12(16)4)17-18-5-6-21(17)8-13;/h5-8H,1-4H3;1H4. The van der Waals surface area contributed by atoms with Gasteiger partial charge in [-0.25, -0.2) is 4.98 Å². The van der Waals surface area contributed by atoms with E-state index in [4.69, 9.17) is 9.05 Å². The number of rotatable bonds is 2. The Morgan fingerprint density at radius 3 is 2.12 bits per heavy atom. The lowest BCUT2D eigenvalue weighted by molar-refractivity contribution is 0.393. The van der Waals surface area contributed by atoms with E-state index in [1.54, 1.807) is 6.20 Å². The van der Waals surface area contributed by atoms with Gasteiger partial charge in [-0.1, -0.05) is 17.7 Å². The Hall–Kier alpha value is -2.89. The average molecular weight is 324 g/mol. The van der Waals surface area contributed by atoms with E-state index in [-0.39, 0.29) is 7.43 Å². The Morgan fingerprint density at radius 2 is 1.54 bits per heavy atom. The van der Waals surface area contributed by atoms with E-state index in [2.05, 4.69) is 21.4 Å². The second-order valence-electron chi connectivity index (χ2n) is 5.70. The van der Waals surface area contributed by atoms with Gasteiger partial charge in [0.2, 0.25) is 0 Å². The average Bonchev–Trinajstić information content (AvgIpc) is 3.19. The van der Waals surface area contributed by atoms with Crippen LogP contribution in [0.3, 0.4) is 0 Å². The second-order valence-corrected chi connectivity index (χ2v) is 5.70. The van der Waals surface area contributed by atoms with Gasteiger partial charge in [0.1, 0.15) is 17.2 Å². The van der Waals surface area contributed by atoms with Gasteiger partial charge >= 0.3 is 0 Å². The fourth-order valence-electron chi connectivity index (χ4n) is 3.12. The monoisotopic (exact) mass is 324 g/mol. The molecule has 0 saturated heterocycles. The highest BCUT2D eigenvalue weighted by Gasteiger charge is 2.19. The van der Waals surface area contributed by atoms with Crippen molar-refractivity contribution < 1.29 is 9.05 Å². The summed E-state index contributed by atoms with van der Waals surface area (Å²) in [4.78, 5) is 4.48. The molecule has 0 spiro atoms. The molecule has 0 saturated carbocycles. The molecule has 4 heterocycles. The van der Waals surface area contributed by atoms with E-state index in [1.807, 2.05) is 44.5 Å². The lowest BCUT2D eigenvalue weighted by Crippen LogP contribution is -1.93. The maximum absolute atomic E-state index is 5.34. The molecule has 24 heavy (non-hydrogen) atoms. The first-order chi connectivity index (χ1) is 11.1. The minimum Gasteiger partial charge on any atom is -0.361 e. The molecular weight excluding hydrogens is 304 g/mol. The molecule has 0 fully saturated rings. The molecule has 6 heteroatoms. The first-order valence-corrected chi connectivity index (χ1v) is 7.39. The van der Waals surface area contributed by atoms with Crippen LogP contribution < -0.4 is 0 Å². The van der Waals surface area contributed by atoms with Crippen LogP contribution in [0.15, 0.2) is 33.7 Å². The molecule has 0 unspecified atom stereocenters. The summed E-state index contributed by atoms with van der Waals surface area (Å²) in [5.74, 6) is 1.58. The summed E-state index contributed by atoms with van der Waals surface area (Å²) in [6.45, 7) is 7.72. The van der Waals surface area contributed by atoms with Gasteiger partial charge < -0.3 is 13.4 Å². The third kappa shape index (κ3) is 2.22. The zero-order valence-corrected chi connectivity index (χ0v) is 13.4. The van der Waals surface area contributed by atoms with Crippen LogP contribution in [0, 0.1) is 27.7 Å². The molecule has 4 rings (SSSR count). The molecule has 0 atom stereocenters. The van der Waals surface area contributed by atoms with Crippen molar-refractivity contribution in [2.75, 3.05) is 0 Å². The fourth-order valence-corrected chi connectivity index (χ4v) is 3.12. The Labute approximate surface area is 140 Å². The van der Waals surface area contributed by atoms with Crippen molar-refractivity contribution >= 4 is 5.65 Å².